The van der Waals surface area contributed by atoms with Crippen LogP contribution < -0.4 is 0 Å². The van der Waals surface area contributed by atoms with Crippen molar-refractivity contribution in [3.8, 4) is 0 Å². The van der Waals surface area contributed by atoms with E-state index < -0.39 is 0 Å². The molecule has 1 saturated heterocycles. The van der Waals surface area contributed by atoms with Crippen molar-refractivity contribution < 1.29 is 9.59 Å². The molecule has 0 atom stereocenters. The van der Waals surface area contributed by atoms with Crippen LogP contribution in [-0.4, -0.2) is 52.8 Å². The highest BCUT2D eigenvalue weighted by Crippen LogP contribution is 2.23. The first-order chi connectivity index (χ1) is 12.9. The van der Waals surface area contributed by atoms with Gasteiger partial charge in [-0.1, -0.05) is 26.8 Å². The maximum Gasteiger partial charge on any atom is 0.254 e. The third-order valence-electron chi connectivity index (χ3n) is 5.10. The number of hydrogen-bond acceptors (Lipinski definition) is 3. The van der Waals surface area contributed by atoms with Crippen LogP contribution in [0.15, 0.2) is 24.3 Å². The van der Waals surface area contributed by atoms with E-state index in [4.69, 9.17) is 0 Å². The van der Waals surface area contributed by atoms with E-state index in [0.717, 1.165) is 29.6 Å². The molecule has 0 spiro atoms. The number of carbonyl (C=O) groups is 2. The molecule has 0 saturated carbocycles. The Bertz CT molecular complexity index is 860. The molecule has 0 bridgehead atoms. The van der Waals surface area contributed by atoms with Crippen LogP contribution in [0.2, 0.25) is 0 Å². The number of amides is 2. The van der Waals surface area contributed by atoms with E-state index in [1.54, 1.807) is 0 Å². The molecule has 1 aliphatic rings. The third-order valence-corrected chi connectivity index (χ3v) is 5.10. The number of benzene rings is 1. The van der Waals surface area contributed by atoms with Crippen LogP contribution in [0.25, 0.3) is 10.9 Å². The molecule has 5 heteroatoms. The Morgan fingerprint density at radius 1 is 1.19 bits per heavy atom. The standard InChI is InChI=1S/C22H29N3O2/c1-5-17-6-7-20-18(13-17)19(12-16(4)23-20)22(27)24-9-8-21(26)25(11-10-24)14-15(2)3/h6-7,12-13,15H,5,8-11,14H2,1-4H3. The number of pyridine rings is 1. The molecule has 3 rings (SSSR count). The molecule has 1 aromatic carbocycles. The first kappa shape index (κ1) is 19.3. The van der Waals surface area contributed by atoms with Gasteiger partial charge in [-0.25, -0.2) is 0 Å². The Balaban J connectivity index is 1.90. The SMILES string of the molecule is CCc1ccc2nc(C)cc(C(=O)N3CCC(=O)N(CC(C)C)CC3)c2c1. The fourth-order valence-electron chi connectivity index (χ4n) is 3.68. The molecule has 1 aliphatic heterocycles. The second-order valence-electron chi connectivity index (χ2n) is 7.79. The number of aromatic nitrogens is 1. The molecule has 1 aromatic heterocycles. The van der Waals surface area contributed by atoms with E-state index in [1.807, 2.05) is 28.9 Å². The summed E-state index contributed by atoms with van der Waals surface area (Å²) in [7, 11) is 0. The van der Waals surface area contributed by atoms with Crippen LogP contribution in [0.3, 0.4) is 0 Å². The van der Waals surface area contributed by atoms with Gasteiger partial charge in [-0.2, -0.15) is 0 Å². The summed E-state index contributed by atoms with van der Waals surface area (Å²) in [5.41, 5.74) is 3.57. The molecule has 27 heavy (non-hydrogen) atoms. The lowest BCUT2D eigenvalue weighted by Crippen LogP contribution is -2.37. The Morgan fingerprint density at radius 2 is 1.96 bits per heavy atom. The number of carbonyl (C=O) groups excluding carboxylic acids is 2. The molecule has 5 nitrogen and oxygen atoms in total. The predicted octanol–water partition coefficient (Wildman–Crippen LogP) is 3.44. The lowest BCUT2D eigenvalue weighted by atomic mass is 10.0. The average molecular weight is 367 g/mol. The Hall–Kier alpha value is -2.43. The number of aryl methyl sites for hydroxylation is 2. The second kappa shape index (κ2) is 8.07. The summed E-state index contributed by atoms with van der Waals surface area (Å²) in [6.07, 6.45) is 1.31. The largest absolute Gasteiger partial charge is 0.341 e. The van der Waals surface area contributed by atoms with Crippen molar-refractivity contribution in [2.75, 3.05) is 26.2 Å². The highest BCUT2D eigenvalue weighted by Gasteiger charge is 2.26. The normalized spacial score (nSPS) is 15.5. The second-order valence-corrected chi connectivity index (χ2v) is 7.79. The van der Waals surface area contributed by atoms with Gasteiger partial charge < -0.3 is 9.80 Å². The van der Waals surface area contributed by atoms with Crippen LogP contribution in [0.1, 0.15) is 48.8 Å². The van der Waals surface area contributed by atoms with Gasteiger partial charge in [0.15, 0.2) is 0 Å². The van der Waals surface area contributed by atoms with Gasteiger partial charge in [0.1, 0.15) is 0 Å². The molecule has 1 fully saturated rings. The first-order valence-corrected chi connectivity index (χ1v) is 9.86. The monoisotopic (exact) mass is 367 g/mol. The molecule has 0 radical (unpaired) electrons. The Labute approximate surface area is 161 Å². The predicted molar refractivity (Wildman–Crippen MR) is 108 cm³/mol. The summed E-state index contributed by atoms with van der Waals surface area (Å²) in [6, 6.07) is 8.01. The van der Waals surface area contributed by atoms with E-state index in [-0.39, 0.29) is 11.8 Å². The molecule has 144 valence electrons. The highest BCUT2D eigenvalue weighted by atomic mass is 16.2. The van der Waals surface area contributed by atoms with E-state index in [9.17, 15) is 9.59 Å². The van der Waals surface area contributed by atoms with Crippen molar-refractivity contribution in [2.24, 2.45) is 5.92 Å². The number of nitrogens with zero attached hydrogens (tertiary/aromatic N) is 3. The third kappa shape index (κ3) is 4.29. The summed E-state index contributed by atoms with van der Waals surface area (Å²) < 4.78 is 0. The zero-order valence-corrected chi connectivity index (χ0v) is 16.8. The maximum absolute atomic E-state index is 13.3. The van der Waals surface area contributed by atoms with Crippen LogP contribution in [0.5, 0.6) is 0 Å². The summed E-state index contributed by atoms with van der Waals surface area (Å²) in [6.45, 7) is 10.6. The number of hydrogen-bond donors (Lipinski definition) is 0. The lowest BCUT2D eigenvalue weighted by Gasteiger charge is -2.24. The summed E-state index contributed by atoms with van der Waals surface area (Å²) >= 11 is 0. The van der Waals surface area contributed by atoms with Gasteiger partial charge in [0.2, 0.25) is 5.91 Å². The highest BCUT2D eigenvalue weighted by molar-refractivity contribution is 6.06. The maximum atomic E-state index is 13.3. The molecule has 0 unspecified atom stereocenters. The smallest absolute Gasteiger partial charge is 0.254 e. The van der Waals surface area contributed by atoms with Crippen LogP contribution in [0, 0.1) is 12.8 Å². The van der Waals surface area contributed by atoms with Crippen LogP contribution in [0.4, 0.5) is 0 Å². The zero-order valence-electron chi connectivity index (χ0n) is 16.8. The molecular weight excluding hydrogens is 338 g/mol. The summed E-state index contributed by atoms with van der Waals surface area (Å²) in [5, 5.41) is 0.902. The molecule has 0 aliphatic carbocycles. The first-order valence-electron chi connectivity index (χ1n) is 9.86. The Kier molecular flexibility index (Phi) is 5.78. The lowest BCUT2D eigenvalue weighted by molar-refractivity contribution is -0.130. The van der Waals surface area contributed by atoms with Gasteiger partial charge in [-0.05, 0) is 43.0 Å². The van der Waals surface area contributed by atoms with Crippen molar-refractivity contribution in [1.82, 2.24) is 14.8 Å². The van der Waals surface area contributed by atoms with Crippen molar-refractivity contribution in [3.63, 3.8) is 0 Å². The van der Waals surface area contributed by atoms with E-state index in [2.05, 4.69) is 37.9 Å². The quantitative estimate of drug-likeness (QED) is 0.832. The molecule has 2 aromatic rings. The summed E-state index contributed by atoms with van der Waals surface area (Å²) in [5.74, 6) is 0.566. The fraction of sp³-hybridized carbons (Fsp3) is 0.500. The zero-order chi connectivity index (χ0) is 19.6. The van der Waals surface area contributed by atoms with Gasteiger partial charge in [0, 0.05) is 43.7 Å². The molecular formula is C22H29N3O2. The molecule has 2 amide bonds. The minimum Gasteiger partial charge on any atom is -0.341 e. The average Bonchev–Trinajstić information content (AvgIpc) is 2.82. The molecule has 0 N–H and O–H groups in total. The van der Waals surface area contributed by atoms with Crippen molar-refractivity contribution in [1.29, 1.82) is 0 Å². The van der Waals surface area contributed by atoms with E-state index in [1.165, 1.54) is 5.56 Å². The van der Waals surface area contributed by atoms with Crippen LogP contribution in [-0.2, 0) is 11.2 Å². The van der Waals surface area contributed by atoms with Gasteiger partial charge in [-0.15, -0.1) is 0 Å². The topological polar surface area (TPSA) is 53.5 Å². The Morgan fingerprint density at radius 3 is 2.67 bits per heavy atom. The van der Waals surface area contributed by atoms with Gasteiger partial charge in [-0.3, -0.25) is 14.6 Å². The number of rotatable bonds is 4. The van der Waals surface area contributed by atoms with E-state index in [0.29, 0.717) is 37.5 Å². The van der Waals surface area contributed by atoms with Gasteiger partial charge in [0.25, 0.3) is 5.91 Å². The van der Waals surface area contributed by atoms with Gasteiger partial charge in [0.05, 0.1) is 11.1 Å². The molecule has 2 heterocycles. The fourth-order valence-corrected chi connectivity index (χ4v) is 3.68. The van der Waals surface area contributed by atoms with Crippen molar-refractivity contribution >= 4 is 22.7 Å². The van der Waals surface area contributed by atoms with Crippen LogP contribution >= 0.6 is 0 Å². The van der Waals surface area contributed by atoms with E-state index >= 15 is 0 Å². The minimum absolute atomic E-state index is 0.00190. The number of fused-ring (bicyclic) bond motifs is 1. The minimum atomic E-state index is -0.00190. The van der Waals surface area contributed by atoms with Crippen molar-refractivity contribution in [2.45, 2.75) is 40.5 Å². The van der Waals surface area contributed by atoms with Gasteiger partial charge >= 0.3 is 0 Å². The van der Waals surface area contributed by atoms with Crippen molar-refractivity contribution in [3.05, 3.63) is 41.1 Å². The summed E-state index contributed by atoms with van der Waals surface area (Å²) in [4.78, 5) is 34.0.